The van der Waals surface area contributed by atoms with E-state index >= 15 is 0 Å². The predicted octanol–water partition coefficient (Wildman–Crippen LogP) is 4.68. The van der Waals surface area contributed by atoms with Gasteiger partial charge >= 0.3 is 0 Å². The molecule has 22 heavy (non-hydrogen) atoms. The Labute approximate surface area is 138 Å². The average Bonchev–Trinajstić information content (AvgIpc) is 3.17. The number of allylic oxidation sites excluding steroid dienone is 2. The summed E-state index contributed by atoms with van der Waals surface area (Å²) >= 11 is 3.42. The average molecular weight is 360 g/mol. The molecule has 1 aliphatic carbocycles. The zero-order chi connectivity index (χ0) is 15.4. The van der Waals surface area contributed by atoms with Crippen LogP contribution < -0.4 is 5.32 Å². The van der Waals surface area contributed by atoms with Crippen molar-refractivity contribution in [2.45, 2.75) is 25.8 Å². The first-order valence-corrected chi connectivity index (χ1v) is 8.28. The van der Waals surface area contributed by atoms with Gasteiger partial charge in [0, 0.05) is 16.5 Å². The Hall–Kier alpha value is -1.81. The summed E-state index contributed by atoms with van der Waals surface area (Å²) in [5.74, 6) is 2.07. The van der Waals surface area contributed by atoms with Crippen LogP contribution in [-0.4, -0.2) is 5.91 Å². The molecule has 1 aromatic carbocycles. The largest absolute Gasteiger partial charge is 0.459 e. The Kier molecular flexibility index (Phi) is 4.78. The topological polar surface area (TPSA) is 42.2 Å². The van der Waals surface area contributed by atoms with Gasteiger partial charge in [0.05, 0.1) is 6.54 Å². The van der Waals surface area contributed by atoms with Crippen LogP contribution in [0.1, 0.15) is 25.0 Å². The molecule has 1 N–H and O–H groups in total. The van der Waals surface area contributed by atoms with Gasteiger partial charge in [-0.05, 0) is 43.0 Å². The summed E-state index contributed by atoms with van der Waals surface area (Å²) in [6.45, 7) is 0.436. The molecular formula is C18H18BrNO2. The van der Waals surface area contributed by atoms with Gasteiger partial charge < -0.3 is 9.73 Å². The van der Waals surface area contributed by atoms with E-state index in [9.17, 15) is 4.79 Å². The lowest BCUT2D eigenvalue weighted by atomic mass is 10.1. The van der Waals surface area contributed by atoms with E-state index < -0.39 is 0 Å². The SMILES string of the molecule is O=C(C[C@@H]1C=CCC1)NCc1ccc(-c2ccc(Br)cc2)o1. The van der Waals surface area contributed by atoms with Crippen LogP contribution in [0.2, 0.25) is 0 Å². The van der Waals surface area contributed by atoms with E-state index in [0.717, 1.165) is 34.4 Å². The molecule has 1 aliphatic rings. The van der Waals surface area contributed by atoms with Gasteiger partial charge in [-0.2, -0.15) is 0 Å². The highest BCUT2D eigenvalue weighted by atomic mass is 79.9. The van der Waals surface area contributed by atoms with Crippen molar-refractivity contribution in [3.63, 3.8) is 0 Å². The van der Waals surface area contributed by atoms with E-state index in [1.54, 1.807) is 0 Å². The van der Waals surface area contributed by atoms with Gasteiger partial charge in [-0.25, -0.2) is 0 Å². The van der Waals surface area contributed by atoms with Gasteiger partial charge in [-0.15, -0.1) is 0 Å². The molecule has 3 nitrogen and oxygen atoms in total. The maximum absolute atomic E-state index is 11.9. The third-order valence-electron chi connectivity index (χ3n) is 3.81. The molecule has 1 amide bonds. The van der Waals surface area contributed by atoms with Gasteiger partial charge in [0.1, 0.15) is 11.5 Å². The number of halogens is 1. The number of amides is 1. The molecule has 114 valence electrons. The van der Waals surface area contributed by atoms with Crippen LogP contribution in [0.5, 0.6) is 0 Å². The lowest BCUT2D eigenvalue weighted by Gasteiger charge is -2.07. The second-order valence-electron chi connectivity index (χ2n) is 5.52. The van der Waals surface area contributed by atoms with Gasteiger partial charge in [0.2, 0.25) is 5.91 Å². The summed E-state index contributed by atoms with van der Waals surface area (Å²) in [6.07, 6.45) is 7.03. The minimum atomic E-state index is 0.0816. The molecule has 0 aliphatic heterocycles. The zero-order valence-corrected chi connectivity index (χ0v) is 13.8. The second kappa shape index (κ2) is 6.97. The molecule has 0 saturated heterocycles. The Bertz CT molecular complexity index is 673. The monoisotopic (exact) mass is 359 g/mol. The Balaban J connectivity index is 1.54. The van der Waals surface area contributed by atoms with Crippen LogP contribution in [0.25, 0.3) is 11.3 Å². The number of benzene rings is 1. The van der Waals surface area contributed by atoms with Crippen molar-refractivity contribution in [3.8, 4) is 11.3 Å². The van der Waals surface area contributed by atoms with Crippen LogP contribution >= 0.6 is 15.9 Å². The molecular weight excluding hydrogens is 342 g/mol. The van der Waals surface area contributed by atoms with Gasteiger partial charge in [-0.3, -0.25) is 4.79 Å². The molecule has 0 bridgehead atoms. The molecule has 0 fully saturated rings. The molecule has 2 aromatic rings. The third-order valence-corrected chi connectivity index (χ3v) is 4.34. The molecule has 1 aromatic heterocycles. The van der Waals surface area contributed by atoms with Crippen molar-refractivity contribution in [2.24, 2.45) is 5.92 Å². The normalized spacial score (nSPS) is 16.9. The lowest BCUT2D eigenvalue weighted by molar-refractivity contribution is -0.121. The third kappa shape index (κ3) is 3.89. The van der Waals surface area contributed by atoms with Crippen LogP contribution in [-0.2, 0) is 11.3 Å². The minimum absolute atomic E-state index is 0.0816. The standard InChI is InChI=1S/C18H18BrNO2/c19-15-7-5-14(6-8-15)17-10-9-16(22-17)12-20-18(21)11-13-3-1-2-4-13/h1,3,5-10,13H,2,4,11-12H2,(H,20,21)/t13-/m1/s1. The maximum atomic E-state index is 11.9. The van der Waals surface area contributed by atoms with Crippen LogP contribution in [0, 0.1) is 5.92 Å². The molecule has 0 saturated carbocycles. The molecule has 4 heteroatoms. The molecule has 0 radical (unpaired) electrons. The summed E-state index contributed by atoms with van der Waals surface area (Å²) in [5.41, 5.74) is 1.02. The number of rotatable bonds is 5. The lowest BCUT2D eigenvalue weighted by Crippen LogP contribution is -2.24. The van der Waals surface area contributed by atoms with Gasteiger partial charge in [0.15, 0.2) is 0 Å². The fourth-order valence-corrected chi connectivity index (χ4v) is 2.87. The Morgan fingerprint density at radius 3 is 2.77 bits per heavy atom. The number of nitrogens with one attached hydrogen (secondary N) is 1. The first kappa shape index (κ1) is 15.1. The van der Waals surface area contributed by atoms with Crippen molar-refractivity contribution in [2.75, 3.05) is 0 Å². The zero-order valence-electron chi connectivity index (χ0n) is 12.2. The summed E-state index contributed by atoms with van der Waals surface area (Å²) in [6, 6.07) is 11.8. The number of hydrogen-bond acceptors (Lipinski definition) is 2. The summed E-state index contributed by atoms with van der Waals surface area (Å²) in [5, 5.41) is 2.93. The molecule has 3 rings (SSSR count). The summed E-state index contributed by atoms with van der Waals surface area (Å²) < 4.78 is 6.82. The number of hydrogen-bond donors (Lipinski definition) is 1. The smallest absolute Gasteiger partial charge is 0.220 e. The van der Waals surface area contributed by atoms with Crippen LogP contribution in [0.15, 0.2) is 57.4 Å². The minimum Gasteiger partial charge on any atom is -0.459 e. The number of carbonyl (C=O) groups excluding carboxylic acids is 1. The quantitative estimate of drug-likeness (QED) is 0.787. The van der Waals surface area contributed by atoms with Gasteiger partial charge in [0.25, 0.3) is 0 Å². The highest BCUT2D eigenvalue weighted by molar-refractivity contribution is 9.10. The van der Waals surface area contributed by atoms with E-state index in [4.69, 9.17) is 4.42 Å². The second-order valence-corrected chi connectivity index (χ2v) is 6.43. The molecule has 1 heterocycles. The van der Waals surface area contributed by atoms with Crippen molar-refractivity contribution < 1.29 is 9.21 Å². The number of carbonyl (C=O) groups is 1. The first-order valence-electron chi connectivity index (χ1n) is 7.49. The van der Waals surface area contributed by atoms with Crippen molar-refractivity contribution in [3.05, 3.63) is 58.8 Å². The summed E-state index contributed by atoms with van der Waals surface area (Å²) in [4.78, 5) is 11.9. The maximum Gasteiger partial charge on any atom is 0.220 e. The fraction of sp³-hybridized carbons (Fsp3) is 0.278. The molecule has 0 spiro atoms. The highest BCUT2D eigenvalue weighted by Gasteiger charge is 2.14. The van der Waals surface area contributed by atoms with Crippen molar-refractivity contribution in [1.82, 2.24) is 5.32 Å². The van der Waals surface area contributed by atoms with Crippen molar-refractivity contribution in [1.29, 1.82) is 0 Å². The van der Waals surface area contributed by atoms with E-state index in [1.807, 2.05) is 36.4 Å². The van der Waals surface area contributed by atoms with E-state index in [-0.39, 0.29) is 5.91 Å². The highest BCUT2D eigenvalue weighted by Crippen LogP contribution is 2.24. The summed E-state index contributed by atoms with van der Waals surface area (Å²) in [7, 11) is 0. The predicted molar refractivity (Wildman–Crippen MR) is 90.2 cm³/mol. The molecule has 0 unspecified atom stereocenters. The van der Waals surface area contributed by atoms with Crippen LogP contribution in [0.4, 0.5) is 0 Å². The van der Waals surface area contributed by atoms with E-state index in [2.05, 4.69) is 33.4 Å². The first-order chi connectivity index (χ1) is 10.7. The van der Waals surface area contributed by atoms with E-state index in [0.29, 0.717) is 18.9 Å². The Morgan fingerprint density at radius 2 is 2.05 bits per heavy atom. The molecule has 1 atom stereocenters. The van der Waals surface area contributed by atoms with Crippen LogP contribution in [0.3, 0.4) is 0 Å². The van der Waals surface area contributed by atoms with Gasteiger partial charge in [-0.1, -0.05) is 40.2 Å². The number of furan rings is 1. The van der Waals surface area contributed by atoms with Crippen molar-refractivity contribution >= 4 is 21.8 Å². The van der Waals surface area contributed by atoms with E-state index in [1.165, 1.54) is 0 Å². The fourth-order valence-electron chi connectivity index (χ4n) is 2.60. The Morgan fingerprint density at radius 1 is 1.23 bits per heavy atom.